The van der Waals surface area contributed by atoms with E-state index in [4.69, 9.17) is 4.74 Å². The first-order valence-corrected chi connectivity index (χ1v) is 14.2. The molecule has 9 heteroatoms. The summed E-state index contributed by atoms with van der Waals surface area (Å²) in [5, 5.41) is 2.90. The average Bonchev–Trinajstić information content (AvgIpc) is 2.85. The van der Waals surface area contributed by atoms with Crippen LogP contribution in [0, 0.1) is 6.92 Å². The fourth-order valence-corrected chi connectivity index (χ4v) is 4.93. The van der Waals surface area contributed by atoms with Crippen LogP contribution in [0.2, 0.25) is 0 Å². The minimum absolute atomic E-state index is 0.111. The molecule has 0 saturated heterocycles. The lowest BCUT2D eigenvalue weighted by Crippen LogP contribution is -2.49. The Morgan fingerprint density at radius 3 is 2.36 bits per heavy atom. The standard InChI is InChI=1S/C27H39N3O5S/c1-6-17-28-27(32)25(7-2)29(20-22-10-8-11-24(19-22)35-4)26(31)12-9-18-30(36(5,33)34)23-15-13-21(3)14-16-23/h8,10-11,13-16,19,25H,6-7,9,12,17-18,20H2,1-5H3,(H,28,32). The van der Waals surface area contributed by atoms with Gasteiger partial charge in [0, 0.05) is 26.1 Å². The molecule has 0 aliphatic carbocycles. The number of carbonyl (C=O) groups is 2. The monoisotopic (exact) mass is 517 g/mol. The molecule has 36 heavy (non-hydrogen) atoms. The van der Waals surface area contributed by atoms with E-state index in [2.05, 4.69) is 5.32 Å². The number of amides is 2. The summed E-state index contributed by atoms with van der Waals surface area (Å²) in [6.07, 6.45) is 2.85. The van der Waals surface area contributed by atoms with Gasteiger partial charge in [-0.2, -0.15) is 0 Å². The highest BCUT2D eigenvalue weighted by Gasteiger charge is 2.28. The Morgan fingerprint density at radius 1 is 1.08 bits per heavy atom. The van der Waals surface area contributed by atoms with E-state index in [0.29, 0.717) is 30.8 Å². The number of sulfonamides is 1. The highest BCUT2D eigenvalue weighted by atomic mass is 32.2. The van der Waals surface area contributed by atoms with Gasteiger partial charge in [0.2, 0.25) is 21.8 Å². The summed E-state index contributed by atoms with van der Waals surface area (Å²) < 4.78 is 31.5. The Hall–Kier alpha value is -3.07. The number of benzene rings is 2. The number of hydrogen-bond acceptors (Lipinski definition) is 5. The molecular weight excluding hydrogens is 478 g/mol. The molecule has 0 aromatic heterocycles. The highest BCUT2D eigenvalue weighted by molar-refractivity contribution is 7.92. The zero-order valence-corrected chi connectivity index (χ0v) is 22.8. The minimum Gasteiger partial charge on any atom is -0.497 e. The fourth-order valence-electron chi connectivity index (χ4n) is 3.97. The van der Waals surface area contributed by atoms with Crippen molar-refractivity contribution in [2.24, 2.45) is 0 Å². The van der Waals surface area contributed by atoms with E-state index in [1.165, 1.54) is 4.31 Å². The van der Waals surface area contributed by atoms with Crippen molar-refractivity contribution in [3.05, 3.63) is 59.7 Å². The number of carbonyl (C=O) groups excluding carboxylic acids is 2. The SMILES string of the molecule is CCCNC(=O)C(CC)N(Cc1cccc(OC)c1)C(=O)CCCN(c1ccc(C)cc1)S(C)(=O)=O. The lowest BCUT2D eigenvalue weighted by Gasteiger charge is -2.31. The second-order valence-electron chi connectivity index (χ2n) is 8.86. The third-order valence-corrected chi connectivity index (χ3v) is 7.09. The lowest BCUT2D eigenvalue weighted by molar-refractivity contribution is -0.141. The predicted molar refractivity (Wildman–Crippen MR) is 144 cm³/mol. The highest BCUT2D eigenvalue weighted by Crippen LogP contribution is 2.21. The Labute approximate surface area is 215 Å². The first-order chi connectivity index (χ1) is 17.1. The molecule has 2 rings (SSSR count). The van der Waals surface area contributed by atoms with Crippen LogP contribution in [0.15, 0.2) is 48.5 Å². The number of nitrogens with one attached hydrogen (secondary N) is 1. The van der Waals surface area contributed by atoms with Gasteiger partial charge >= 0.3 is 0 Å². The number of ether oxygens (including phenoxy) is 1. The van der Waals surface area contributed by atoms with E-state index in [1.807, 2.05) is 57.2 Å². The van der Waals surface area contributed by atoms with Crippen molar-refractivity contribution in [3.8, 4) is 5.75 Å². The molecule has 2 aromatic carbocycles. The molecule has 1 unspecified atom stereocenters. The van der Waals surface area contributed by atoms with Crippen molar-refractivity contribution in [3.63, 3.8) is 0 Å². The number of hydrogen-bond donors (Lipinski definition) is 1. The summed E-state index contributed by atoms with van der Waals surface area (Å²) in [4.78, 5) is 27.9. The van der Waals surface area contributed by atoms with E-state index in [9.17, 15) is 18.0 Å². The molecule has 0 aliphatic heterocycles. The quantitative estimate of drug-likeness (QED) is 0.410. The Balaban J connectivity index is 2.21. The molecule has 0 saturated carbocycles. The second kappa shape index (κ2) is 13.9. The van der Waals surface area contributed by atoms with Crippen LogP contribution in [0.5, 0.6) is 5.75 Å². The predicted octanol–water partition coefficient (Wildman–Crippen LogP) is 3.88. The normalized spacial score (nSPS) is 12.0. The molecule has 8 nitrogen and oxygen atoms in total. The van der Waals surface area contributed by atoms with Crippen LogP contribution in [0.25, 0.3) is 0 Å². The minimum atomic E-state index is -3.52. The van der Waals surface area contributed by atoms with Gasteiger partial charge < -0.3 is 15.0 Å². The molecule has 2 amide bonds. The van der Waals surface area contributed by atoms with E-state index >= 15 is 0 Å². The zero-order chi connectivity index (χ0) is 26.7. The van der Waals surface area contributed by atoms with Gasteiger partial charge in [-0.3, -0.25) is 13.9 Å². The average molecular weight is 518 g/mol. The van der Waals surface area contributed by atoms with E-state index in [0.717, 1.165) is 23.8 Å². The summed E-state index contributed by atoms with van der Waals surface area (Å²) in [6, 6.07) is 14.0. The maximum absolute atomic E-state index is 13.4. The third-order valence-electron chi connectivity index (χ3n) is 5.90. The van der Waals surface area contributed by atoms with Crippen molar-refractivity contribution in [2.75, 3.05) is 30.8 Å². The Morgan fingerprint density at radius 2 is 1.78 bits per heavy atom. The maximum Gasteiger partial charge on any atom is 0.242 e. The van der Waals surface area contributed by atoms with E-state index < -0.39 is 16.1 Å². The van der Waals surface area contributed by atoms with Gasteiger partial charge in [-0.05, 0) is 56.0 Å². The summed E-state index contributed by atoms with van der Waals surface area (Å²) >= 11 is 0. The van der Waals surface area contributed by atoms with Crippen LogP contribution in [0.1, 0.15) is 50.7 Å². The molecule has 0 radical (unpaired) electrons. The topological polar surface area (TPSA) is 96.0 Å². The summed E-state index contributed by atoms with van der Waals surface area (Å²) in [5.41, 5.74) is 2.44. The molecule has 0 bridgehead atoms. The van der Waals surface area contributed by atoms with Crippen LogP contribution >= 0.6 is 0 Å². The zero-order valence-electron chi connectivity index (χ0n) is 22.0. The van der Waals surface area contributed by atoms with Crippen molar-refractivity contribution < 1.29 is 22.7 Å². The maximum atomic E-state index is 13.4. The van der Waals surface area contributed by atoms with Crippen LogP contribution in [0.3, 0.4) is 0 Å². The Bertz CT molecular complexity index is 1100. The van der Waals surface area contributed by atoms with Crippen LogP contribution in [0.4, 0.5) is 5.69 Å². The molecule has 0 aliphatic rings. The van der Waals surface area contributed by atoms with Gasteiger partial charge in [0.1, 0.15) is 11.8 Å². The van der Waals surface area contributed by atoms with Gasteiger partial charge in [-0.1, -0.05) is 43.7 Å². The van der Waals surface area contributed by atoms with Gasteiger partial charge in [-0.25, -0.2) is 8.42 Å². The molecule has 0 fully saturated rings. The van der Waals surface area contributed by atoms with Crippen molar-refractivity contribution >= 4 is 27.5 Å². The number of methoxy groups -OCH3 is 1. The smallest absolute Gasteiger partial charge is 0.242 e. The number of rotatable bonds is 14. The largest absolute Gasteiger partial charge is 0.497 e. The molecule has 198 valence electrons. The van der Waals surface area contributed by atoms with E-state index in [1.54, 1.807) is 24.1 Å². The first kappa shape index (κ1) is 29.2. The lowest BCUT2D eigenvalue weighted by atomic mass is 10.1. The summed E-state index contributed by atoms with van der Waals surface area (Å²) in [5.74, 6) is 0.284. The van der Waals surface area contributed by atoms with Crippen molar-refractivity contribution in [1.82, 2.24) is 10.2 Å². The summed E-state index contributed by atoms with van der Waals surface area (Å²) in [7, 11) is -1.94. The van der Waals surface area contributed by atoms with Crippen LogP contribution < -0.4 is 14.4 Å². The molecular formula is C27H39N3O5S. The molecule has 0 heterocycles. The molecule has 1 atom stereocenters. The van der Waals surface area contributed by atoms with Gasteiger partial charge in [0.05, 0.1) is 19.1 Å². The van der Waals surface area contributed by atoms with Crippen molar-refractivity contribution in [1.29, 1.82) is 0 Å². The number of nitrogens with zero attached hydrogens (tertiary/aromatic N) is 2. The van der Waals surface area contributed by atoms with Gasteiger partial charge in [0.25, 0.3) is 0 Å². The molecule has 2 aromatic rings. The summed E-state index contributed by atoms with van der Waals surface area (Å²) in [6.45, 7) is 6.75. The van der Waals surface area contributed by atoms with Gasteiger partial charge in [-0.15, -0.1) is 0 Å². The molecule has 0 spiro atoms. The van der Waals surface area contributed by atoms with Crippen molar-refractivity contribution in [2.45, 2.75) is 59.0 Å². The van der Waals surface area contributed by atoms with Crippen LogP contribution in [-0.2, 0) is 26.2 Å². The molecule has 1 N–H and O–H groups in total. The van der Waals surface area contributed by atoms with E-state index in [-0.39, 0.29) is 31.3 Å². The number of aryl methyl sites for hydroxylation is 1. The first-order valence-electron chi connectivity index (χ1n) is 12.3. The fraction of sp³-hybridized carbons (Fsp3) is 0.481. The van der Waals surface area contributed by atoms with Gasteiger partial charge in [0.15, 0.2) is 0 Å². The third kappa shape index (κ3) is 8.55. The Kier molecular flexibility index (Phi) is 11.2. The second-order valence-corrected chi connectivity index (χ2v) is 10.8. The van der Waals surface area contributed by atoms with Crippen LogP contribution in [-0.4, -0.2) is 57.6 Å². The number of anilines is 1.